The summed E-state index contributed by atoms with van der Waals surface area (Å²) in [6.45, 7) is 1.57. The maximum atomic E-state index is 13.3. The van der Waals surface area contributed by atoms with Crippen molar-refractivity contribution in [3.63, 3.8) is 0 Å². The van der Waals surface area contributed by atoms with Crippen LogP contribution in [0.4, 0.5) is 14.9 Å². The molecule has 0 heterocycles. The Kier molecular flexibility index (Phi) is 6.01. The molecule has 4 aliphatic carbocycles. The highest BCUT2D eigenvalue weighted by atomic mass is 19.1. The second-order valence-corrected chi connectivity index (χ2v) is 9.79. The van der Waals surface area contributed by atoms with Gasteiger partial charge in [-0.3, -0.25) is 19.8 Å². The van der Waals surface area contributed by atoms with Gasteiger partial charge in [0.25, 0.3) is 0 Å². The van der Waals surface area contributed by atoms with Crippen LogP contribution >= 0.6 is 0 Å². The molecule has 8 heteroatoms. The lowest BCUT2D eigenvalue weighted by Crippen LogP contribution is -2.62. The lowest BCUT2D eigenvalue weighted by atomic mass is 9.53. The summed E-state index contributed by atoms with van der Waals surface area (Å²) < 4.78 is 13.3. The minimum atomic E-state index is -0.680. The van der Waals surface area contributed by atoms with Gasteiger partial charge in [0.2, 0.25) is 11.8 Å². The fraction of sp³-hybridized carbons (Fsp3) is 0.609. The van der Waals surface area contributed by atoms with E-state index in [2.05, 4.69) is 16.0 Å². The van der Waals surface area contributed by atoms with Crippen molar-refractivity contribution < 1.29 is 18.8 Å². The molecule has 0 saturated heterocycles. The molecule has 4 aliphatic rings. The molecule has 1 aromatic carbocycles. The number of nitrogens with zero attached hydrogens (tertiary/aromatic N) is 1. The van der Waals surface area contributed by atoms with Gasteiger partial charge >= 0.3 is 6.03 Å². The van der Waals surface area contributed by atoms with Gasteiger partial charge in [0.1, 0.15) is 5.82 Å². The van der Waals surface area contributed by atoms with Crippen molar-refractivity contribution in [2.75, 3.05) is 18.9 Å². The average molecular weight is 431 g/mol. The van der Waals surface area contributed by atoms with E-state index >= 15 is 0 Å². The number of likely N-dealkylation sites (N-methyl/N-ethyl adjacent to an activating group) is 1. The number of benzene rings is 1. The van der Waals surface area contributed by atoms with Crippen molar-refractivity contribution in [3.8, 4) is 0 Å². The van der Waals surface area contributed by atoms with Gasteiger partial charge in [0.15, 0.2) is 0 Å². The zero-order valence-corrected chi connectivity index (χ0v) is 18.1. The number of carbonyl (C=O) groups excluding carboxylic acids is 3. The van der Waals surface area contributed by atoms with E-state index in [0.29, 0.717) is 23.4 Å². The van der Waals surface area contributed by atoms with Crippen LogP contribution in [-0.4, -0.2) is 47.9 Å². The second-order valence-electron chi connectivity index (χ2n) is 9.79. The van der Waals surface area contributed by atoms with Crippen molar-refractivity contribution in [1.82, 2.24) is 15.5 Å². The third-order valence-electron chi connectivity index (χ3n) is 7.20. The van der Waals surface area contributed by atoms with Gasteiger partial charge in [-0.2, -0.15) is 0 Å². The van der Waals surface area contributed by atoms with E-state index in [1.165, 1.54) is 37.5 Å². The molecule has 0 aromatic heterocycles. The molecule has 1 aromatic rings. The summed E-state index contributed by atoms with van der Waals surface area (Å²) in [5.41, 5.74) is 0.185. The Morgan fingerprint density at radius 3 is 2.32 bits per heavy atom. The third kappa shape index (κ3) is 5.06. The Morgan fingerprint density at radius 2 is 1.74 bits per heavy atom. The Hall–Kier alpha value is -2.48. The molecule has 4 bridgehead atoms. The first kappa shape index (κ1) is 21.7. The van der Waals surface area contributed by atoms with Crippen molar-refractivity contribution in [2.24, 2.45) is 17.8 Å². The summed E-state index contributed by atoms with van der Waals surface area (Å²) in [4.78, 5) is 38.9. The molecule has 0 radical (unpaired) electrons. The molecular formula is C23H31FN4O3. The minimum absolute atomic E-state index is 0.0678. The molecule has 4 saturated carbocycles. The number of hydrogen-bond acceptors (Lipinski definition) is 4. The first-order valence-corrected chi connectivity index (χ1v) is 11.1. The molecule has 7 nitrogen and oxygen atoms in total. The van der Waals surface area contributed by atoms with E-state index < -0.39 is 23.8 Å². The number of carbonyl (C=O) groups is 3. The van der Waals surface area contributed by atoms with Gasteiger partial charge in [-0.15, -0.1) is 0 Å². The van der Waals surface area contributed by atoms with Crippen LogP contribution in [0.15, 0.2) is 24.3 Å². The zero-order valence-electron chi connectivity index (χ0n) is 18.1. The smallest absolute Gasteiger partial charge is 0.321 e. The number of hydrogen-bond donors (Lipinski definition) is 3. The summed E-state index contributed by atoms with van der Waals surface area (Å²) in [7, 11) is 1.63. The van der Waals surface area contributed by atoms with Crippen LogP contribution in [0.3, 0.4) is 0 Å². The monoisotopic (exact) mass is 430 g/mol. The normalized spacial score (nSPS) is 29.5. The number of amides is 4. The summed E-state index contributed by atoms with van der Waals surface area (Å²) >= 11 is 0. The summed E-state index contributed by atoms with van der Waals surface area (Å²) in [5.74, 6) is 0.828. The van der Waals surface area contributed by atoms with Crippen LogP contribution in [-0.2, 0) is 9.59 Å². The summed E-state index contributed by atoms with van der Waals surface area (Å²) in [6.07, 6.45) is 6.87. The fourth-order valence-electron chi connectivity index (χ4n) is 6.08. The number of nitrogens with one attached hydrogen (secondary N) is 3. The van der Waals surface area contributed by atoms with Crippen LogP contribution in [0.1, 0.15) is 45.4 Å². The van der Waals surface area contributed by atoms with E-state index in [1.54, 1.807) is 24.9 Å². The lowest BCUT2D eigenvalue weighted by molar-refractivity contribution is -0.125. The van der Waals surface area contributed by atoms with Gasteiger partial charge in [0, 0.05) is 11.2 Å². The maximum Gasteiger partial charge on any atom is 0.321 e. The highest BCUT2D eigenvalue weighted by Gasteiger charge is 2.51. The number of anilines is 1. The fourth-order valence-corrected chi connectivity index (χ4v) is 6.08. The van der Waals surface area contributed by atoms with Crippen molar-refractivity contribution in [3.05, 3.63) is 30.1 Å². The van der Waals surface area contributed by atoms with Crippen LogP contribution in [0, 0.1) is 23.6 Å². The SMILES string of the molecule is C[C@@H](C(=O)NC(=O)NC12CC3CC(CC(C3)C1)C2)N(C)CC(=O)Nc1cccc(F)c1. The summed E-state index contributed by atoms with van der Waals surface area (Å²) in [5, 5.41) is 8.18. The van der Waals surface area contributed by atoms with Gasteiger partial charge in [-0.1, -0.05) is 6.07 Å². The van der Waals surface area contributed by atoms with Crippen LogP contribution in [0.5, 0.6) is 0 Å². The van der Waals surface area contributed by atoms with Crippen molar-refractivity contribution in [1.29, 1.82) is 0 Å². The van der Waals surface area contributed by atoms with Gasteiger partial charge in [0.05, 0.1) is 12.6 Å². The van der Waals surface area contributed by atoms with Crippen molar-refractivity contribution >= 4 is 23.5 Å². The van der Waals surface area contributed by atoms with E-state index in [9.17, 15) is 18.8 Å². The quantitative estimate of drug-likeness (QED) is 0.647. The largest absolute Gasteiger partial charge is 0.332 e. The molecule has 3 N–H and O–H groups in total. The third-order valence-corrected chi connectivity index (χ3v) is 7.20. The van der Waals surface area contributed by atoms with E-state index in [-0.39, 0.29) is 18.0 Å². The Morgan fingerprint density at radius 1 is 1.13 bits per heavy atom. The first-order chi connectivity index (χ1) is 14.7. The van der Waals surface area contributed by atoms with Crippen LogP contribution < -0.4 is 16.0 Å². The van der Waals surface area contributed by atoms with E-state index in [0.717, 1.165) is 19.3 Å². The molecule has 168 valence electrons. The number of rotatable bonds is 6. The topological polar surface area (TPSA) is 90.5 Å². The Balaban J connectivity index is 1.26. The highest BCUT2D eigenvalue weighted by Crippen LogP contribution is 2.55. The summed E-state index contributed by atoms with van der Waals surface area (Å²) in [6, 6.07) is 4.49. The standard InChI is InChI=1S/C23H31FN4O3/c1-14(28(2)13-20(29)25-19-5-3-4-18(24)9-19)21(30)26-22(31)27-23-10-15-6-16(11-23)8-17(7-15)12-23/h3-5,9,14-17H,6-8,10-13H2,1-2H3,(H,25,29)(H2,26,27,30,31)/t14-,15?,16?,17?,23?/m0/s1. The van der Waals surface area contributed by atoms with Crippen LogP contribution in [0.2, 0.25) is 0 Å². The Bertz CT molecular complexity index is 839. The molecular weight excluding hydrogens is 399 g/mol. The van der Waals surface area contributed by atoms with Crippen molar-refractivity contribution in [2.45, 2.75) is 57.0 Å². The van der Waals surface area contributed by atoms with E-state index in [1.807, 2.05) is 0 Å². The molecule has 5 rings (SSSR count). The number of imide groups is 1. The molecule has 4 amide bonds. The second kappa shape index (κ2) is 8.57. The highest BCUT2D eigenvalue weighted by molar-refractivity contribution is 5.98. The number of halogens is 1. The molecule has 0 unspecified atom stereocenters. The van der Waals surface area contributed by atoms with E-state index in [4.69, 9.17) is 0 Å². The number of urea groups is 1. The Labute approximate surface area is 182 Å². The van der Waals surface area contributed by atoms with Gasteiger partial charge < -0.3 is 10.6 Å². The molecule has 1 atom stereocenters. The average Bonchev–Trinajstić information content (AvgIpc) is 2.65. The van der Waals surface area contributed by atoms with Crippen LogP contribution in [0.25, 0.3) is 0 Å². The maximum absolute atomic E-state index is 13.3. The van der Waals surface area contributed by atoms with Gasteiger partial charge in [-0.05, 0) is 88.4 Å². The minimum Gasteiger partial charge on any atom is -0.332 e. The van der Waals surface area contributed by atoms with Gasteiger partial charge in [-0.25, -0.2) is 9.18 Å². The molecule has 0 spiro atoms. The zero-order chi connectivity index (χ0) is 22.2. The lowest BCUT2D eigenvalue weighted by Gasteiger charge is -2.56. The molecule has 0 aliphatic heterocycles. The predicted molar refractivity (Wildman–Crippen MR) is 115 cm³/mol. The predicted octanol–water partition coefficient (Wildman–Crippen LogP) is 2.88. The molecule has 31 heavy (non-hydrogen) atoms. The first-order valence-electron chi connectivity index (χ1n) is 11.1. The molecule has 4 fully saturated rings.